The van der Waals surface area contributed by atoms with Crippen molar-refractivity contribution in [2.75, 3.05) is 19.0 Å². The molecule has 4 nitrogen and oxygen atoms in total. The Morgan fingerprint density at radius 3 is 3.00 bits per heavy atom. The molecule has 0 fully saturated rings. The smallest absolute Gasteiger partial charge is 0.294 e. The van der Waals surface area contributed by atoms with Gasteiger partial charge in [-0.15, -0.1) is 0 Å². The molecule has 1 aromatic rings. The Labute approximate surface area is 71.9 Å². The second-order valence-electron chi connectivity index (χ2n) is 2.72. The maximum Gasteiger partial charge on any atom is 0.294 e. The van der Waals surface area contributed by atoms with E-state index in [0.717, 1.165) is 5.69 Å². The fourth-order valence-corrected chi connectivity index (χ4v) is 0.750. The van der Waals surface area contributed by atoms with Gasteiger partial charge in [-0.1, -0.05) is 0 Å². The summed E-state index contributed by atoms with van der Waals surface area (Å²) in [7, 11) is 1.67. The van der Waals surface area contributed by atoms with Crippen molar-refractivity contribution in [3.63, 3.8) is 0 Å². The first kappa shape index (κ1) is 9.06. The third-order valence-electron chi connectivity index (χ3n) is 1.56. The molecule has 0 radical (unpaired) electrons. The van der Waals surface area contributed by atoms with Crippen molar-refractivity contribution in [3.8, 4) is 0 Å². The van der Waals surface area contributed by atoms with Gasteiger partial charge in [-0.3, -0.25) is 0 Å². The van der Waals surface area contributed by atoms with E-state index in [4.69, 9.17) is 9.15 Å². The van der Waals surface area contributed by atoms with Crippen molar-refractivity contribution in [3.05, 3.63) is 12.0 Å². The molecule has 68 valence electrons. The number of aromatic nitrogens is 1. The third-order valence-corrected chi connectivity index (χ3v) is 1.56. The second-order valence-corrected chi connectivity index (χ2v) is 2.72. The Hall–Kier alpha value is -1.03. The third kappa shape index (κ3) is 2.54. The van der Waals surface area contributed by atoms with Gasteiger partial charge in [-0.05, 0) is 13.8 Å². The van der Waals surface area contributed by atoms with Gasteiger partial charge >= 0.3 is 0 Å². The summed E-state index contributed by atoms with van der Waals surface area (Å²) in [4.78, 5) is 4.08. The second kappa shape index (κ2) is 4.11. The van der Waals surface area contributed by atoms with E-state index in [2.05, 4.69) is 10.3 Å². The molecule has 1 rings (SSSR count). The number of rotatable bonds is 4. The van der Waals surface area contributed by atoms with Gasteiger partial charge in [0, 0.05) is 13.7 Å². The number of oxazole rings is 1. The van der Waals surface area contributed by atoms with Crippen LogP contribution in [0.1, 0.15) is 12.6 Å². The Kier molecular flexibility index (Phi) is 3.10. The summed E-state index contributed by atoms with van der Waals surface area (Å²) < 4.78 is 10.1. The van der Waals surface area contributed by atoms with Gasteiger partial charge in [0.1, 0.15) is 6.26 Å². The standard InChI is InChI=1S/C8H14N2O2/c1-6-5-12-8(10-6)9-4-7(2)11-3/h5,7H,4H2,1-3H3,(H,9,10). The Balaban J connectivity index is 2.33. The van der Waals surface area contributed by atoms with Gasteiger partial charge in [0.2, 0.25) is 0 Å². The lowest BCUT2D eigenvalue weighted by molar-refractivity contribution is 0.128. The topological polar surface area (TPSA) is 47.3 Å². The summed E-state index contributed by atoms with van der Waals surface area (Å²) in [5, 5.41) is 3.01. The van der Waals surface area contributed by atoms with Crippen LogP contribution in [0.2, 0.25) is 0 Å². The SMILES string of the molecule is COC(C)CNc1nc(C)co1. The lowest BCUT2D eigenvalue weighted by Gasteiger charge is -2.08. The van der Waals surface area contributed by atoms with Crippen molar-refractivity contribution in [2.24, 2.45) is 0 Å². The van der Waals surface area contributed by atoms with Crippen LogP contribution in [0.15, 0.2) is 10.7 Å². The van der Waals surface area contributed by atoms with Gasteiger partial charge in [0.15, 0.2) is 0 Å². The van der Waals surface area contributed by atoms with Crippen LogP contribution in [-0.4, -0.2) is 24.7 Å². The van der Waals surface area contributed by atoms with Gasteiger partial charge in [0.25, 0.3) is 6.01 Å². The molecule has 1 unspecified atom stereocenters. The predicted molar refractivity (Wildman–Crippen MR) is 46.2 cm³/mol. The van der Waals surface area contributed by atoms with E-state index in [0.29, 0.717) is 12.6 Å². The molecule has 4 heteroatoms. The van der Waals surface area contributed by atoms with E-state index in [1.807, 2.05) is 13.8 Å². The summed E-state index contributed by atoms with van der Waals surface area (Å²) in [5.74, 6) is 0. The minimum atomic E-state index is 0.164. The van der Waals surface area contributed by atoms with Crippen molar-refractivity contribution < 1.29 is 9.15 Å². The molecule has 0 aromatic carbocycles. The summed E-state index contributed by atoms with van der Waals surface area (Å²) in [5.41, 5.74) is 0.877. The summed E-state index contributed by atoms with van der Waals surface area (Å²) in [6.07, 6.45) is 1.77. The molecule has 1 aromatic heterocycles. The van der Waals surface area contributed by atoms with Crippen LogP contribution in [0.3, 0.4) is 0 Å². The van der Waals surface area contributed by atoms with E-state index >= 15 is 0 Å². The molecule has 0 bridgehead atoms. The largest absolute Gasteiger partial charge is 0.432 e. The van der Waals surface area contributed by atoms with Gasteiger partial charge in [-0.2, -0.15) is 4.98 Å². The number of hydrogen-bond donors (Lipinski definition) is 1. The molecule has 1 heterocycles. The Morgan fingerprint density at radius 1 is 1.75 bits per heavy atom. The number of methoxy groups -OCH3 is 1. The highest BCUT2D eigenvalue weighted by Gasteiger charge is 2.02. The Morgan fingerprint density at radius 2 is 2.50 bits per heavy atom. The highest BCUT2D eigenvalue weighted by molar-refractivity contribution is 5.20. The highest BCUT2D eigenvalue weighted by atomic mass is 16.5. The van der Waals surface area contributed by atoms with Crippen LogP contribution in [0.25, 0.3) is 0 Å². The van der Waals surface area contributed by atoms with Crippen molar-refractivity contribution in [2.45, 2.75) is 20.0 Å². The van der Waals surface area contributed by atoms with Crippen molar-refractivity contribution >= 4 is 6.01 Å². The van der Waals surface area contributed by atoms with Crippen LogP contribution < -0.4 is 5.32 Å². The average molecular weight is 170 g/mol. The first-order valence-corrected chi connectivity index (χ1v) is 3.91. The Bertz CT molecular complexity index is 235. The number of nitrogens with zero attached hydrogens (tertiary/aromatic N) is 1. The molecule has 1 atom stereocenters. The van der Waals surface area contributed by atoms with Crippen LogP contribution in [0.4, 0.5) is 6.01 Å². The quantitative estimate of drug-likeness (QED) is 0.742. The molecule has 0 aliphatic heterocycles. The molecule has 12 heavy (non-hydrogen) atoms. The zero-order valence-corrected chi connectivity index (χ0v) is 7.63. The van der Waals surface area contributed by atoms with Crippen molar-refractivity contribution in [1.29, 1.82) is 0 Å². The van der Waals surface area contributed by atoms with Crippen LogP contribution in [0.5, 0.6) is 0 Å². The fourth-order valence-electron chi connectivity index (χ4n) is 0.750. The molecular weight excluding hydrogens is 156 g/mol. The number of anilines is 1. The van der Waals surface area contributed by atoms with Crippen LogP contribution in [-0.2, 0) is 4.74 Å². The summed E-state index contributed by atoms with van der Waals surface area (Å²) in [6.45, 7) is 4.56. The molecular formula is C8H14N2O2. The maximum absolute atomic E-state index is 5.08. The molecule has 0 saturated heterocycles. The van der Waals surface area contributed by atoms with Crippen molar-refractivity contribution in [1.82, 2.24) is 4.98 Å². The predicted octanol–water partition coefficient (Wildman–Crippen LogP) is 1.43. The minimum absolute atomic E-state index is 0.164. The van der Waals surface area contributed by atoms with E-state index in [-0.39, 0.29) is 6.10 Å². The highest BCUT2D eigenvalue weighted by Crippen LogP contribution is 2.05. The van der Waals surface area contributed by atoms with E-state index in [1.54, 1.807) is 13.4 Å². The lowest BCUT2D eigenvalue weighted by atomic mass is 10.4. The number of hydrogen-bond acceptors (Lipinski definition) is 4. The fraction of sp³-hybridized carbons (Fsp3) is 0.625. The molecule has 0 amide bonds. The van der Waals surface area contributed by atoms with E-state index in [1.165, 1.54) is 0 Å². The zero-order valence-electron chi connectivity index (χ0n) is 7.63. The normalized spacial score (nSPS) is 12.9. The molecule has 1 N–H and O–H groups in total. The zero-order chi connectivity index (χ0) is 8.97. The van der Waals surface area contributed by atoms with Crippen LogP contribution in [0, 0.1) is 6.92 Å². The summed E-state index contributed by atoms with van der Waals surface area (Å²) >= 11 is 0. The number of ether oxygens (including phenoxy) is 1. The maximum atomic E-state index is 5.08. The van der Waals surface area contributed by atoms with E-state index in [9.17, 15) is 0 Å². The molecule has 0 aliphatic carbocycles. The average Bonchev–Trinajstić information content (AvgIpc) is 2.47. The summed E-state index contributed by atoms with van der Waals surface area (Å²) in [6, 6.07) is 0.552. The van der Waals surface area contributed by atoms with E-state index < -0.39 is 0 Å². The van der Waals surface area contributed by atoms with Crippen LogP contribution >= 0.6 is 0 Å². The number of aryl methyl sites for hydroxylation is 1. The first-order chi connectivity index (χ1) is 5.72. The molecule has 0 aliphatic rings. The molecule has 0 spiro atoms. The lowest BCUT2D eigenvalue weighted by Crippen LogP contribution is -2.18. The number of nitrogens with one attached hydrogen (secondary N) is 1. The van der Waals surface area contributed by atoms with Gasteiger partial charge in [-0.25, -0.2) is 0 Å². The van der Waals surface area contributed by atoms with Gasteiger partial charge < -0.3 is 14.5 Å². The monoisotopic (exact) mass is 170 g/mol. The first-order valence-electron chi connectivity index (χ1n) is 3.91. The molecule has 0 saturated carbocycles. The van der Waals surface area contributed by atoms with Gasteiger partial charge in [0.05, 0.1) is 11.8 Å². The minimum Gasteiger partial charge on any atom is -0.432 e.